The van der Waals surface area contributed by atoms with Gasteiger partial charge in [0.15, 0.2) is 11.5 Å². The van der Waals surface area contributed by atoms with Crippen LogP contribution in [0.1, 0.15) is 12.8 Å². The molecule has 17 heavy (non-hydrogen) atoms. The molecule has 7 heteroatoms. The van der Waals surface area contributed by atoms with Gasteiger partial charge in [-0.15, -0.1) is 14.8 Å². The highest BCUT2D eigenvalue weighted by atomic mass is 15.6. The summed E-state index contributed by atoms with van der Waals surface area (Å²) in [6.45, 7) is 1.77. The molecule has 0 radical (unpaired) electrons. The Bertz CT molecular complexity index is 567. The first-order chi connectivity index (χ1) is 8.24. The van der Waals surface area contributed by atoms with Gasteiger partial charge in [0, 0.05) is 13.1 Å². The van der Waals surface area contributed by atoms with Crippen molar-refractivity contribution < 1.29 is 0 Å². The molecule has 2 fully saturated rings. The molecular weight excluding hydrogens is 218 g/mol. The van der Waals surface area contributed by atoms with Gasteiger partial charge >= 0.3 is 0 Å². The summed E-state index contributed by atoms with van der Waals surface area (Å²) in [5.74, 6) is 1.61. The van der Waals surface area contributed by atoms with E-state index < -0.39 is 0 Å². The lowest BCUT2D eigenvalue weighted by Gasteiger charge is -2.48. The van der Waals surface area contributed by atoms with Crippen LogP contribution in [0.4, 0.5) is 5.82 Å². The topological polar surface area (TPSA) is 85.2 Å². The molecule has 3 heterocycles. The molecule has 1 aliphatic carbocycles. The Hall–Kier alpha value is -1.76. The zero-order valence-corrected chi connectivity index (χ0v) is 9.32. The van der Waals surface area contributed by atoms with Gasteiger partial charge in [0.1, 0.15) is 0 Å². The van der Waals surface area contributed by atoms with E-state index in [-0.39, 0.29) is 5.54 Å². The minimum Gasteiger partial charge on any atom is -0.351 e. The second-order valence-electron chi connectivity index (χ2n) is 5.08. The van der Waals surface area contributed by atoms with Crippen LogP contribution in [-0.4, -0.2) is 43.9 Å². The van der Waals surface area contributed by atoms with E-state index in [4.69, 9.17) is 5.73 Å². The molecule has 0 bridgehead atoms. The van der Waals surface area contributed by atoms with Gasteiger partial charge in [0.2, 0.25) is 0 Å². The summed E-state index contributed by atoms with van der Waals surface area (Å²) < 4.78 is 1.45. The molecule has 0 atom stereocenters. The van der Waals surface area contributed by atoms with Gasteiger partial charge in [-0.05, 0) is 41.3 Å². The summed E-state index contributed by atoms with van der Waals surface area (Å²) in [4.78, 5) is 2.18. The van der Waals surface area contributed by atoms with Gasteiger partial charge in [-0.1, -0.05) is 0 Å². The molecule has 1 aliphatic heterocycles. The minimum atomic E-state index is 0.0112. The van der Waals surface area contributed by atoms with E-state index in [9.17, 15) is 0 Å². The summed E-state index contributed by atoms with van der Waals surface area (Å²) >= 11 is 0. The van der Waals surface area contributed by atoms with E-state index in [1.165, 1.54) is 17.5 Å². The molecular formula is C10H13N7. The maximum atomic E-state index is 6.31. The van der Waals surface area contributed by atoms with Crippen molar-refractivity contribution in [1.29, 1.82) is 0 Å². The van der Waals surface area contributed by atoms with Crippen LogP contribution in [0.3, 0.4) is 0 Å². The summed E-state index contributed by atoms with van der Waals surface area (Å²) in [6, 6.07) is 3.81. The monoisotopic (exact) mass is 231 g/mol. The van der Waals surface area contributed by atoms with Crippen molar-refractivity contribution >= 4 is 11.5 Å². The standard InChI is InChI=1S/C10H13N7/c11-10(7-1-2-7)5-16(6-10)9-4-3-8-12-14-15-17(8)13-9/h3-4,7H,1-2,5-6,11H2. The number of nitrogens with two attached hydrogens (primary N) is 1. The third-order valence-corrected chi connectivity index (χ3v) is 3.74. The molecule has 2 N–H and O–H groups in total. The molecule has 0 spiro atoms. The van der Waals surface area contributed by atoms with Gasteiger partial charge in [0.05, 0.1) is 5.54 Å². The smallest absolute Gasteiger partial charge is 0.200 e. The van der Waals surface area contributed by atoms with Crippen molar-refractivity contribution in [2.24, 2.45) is 11.7 Å². The van der Waals surface area contributed by atoms with E-state index in [1.54, 1.807) is 0 Å². The van der Waals surface area contributed by atoms with Gasteiger partial charge < -0.3 is 10.6 Å². The van der Waals surface area contributed by atoms with Gasteiger partial charge in [-0.2, -0.15) is 0 Å². The van der Waals surface area contributed by atoms with Crippen LogP contribution in [-0.2, 0) is 0 Å². The highest BCUT2D eigenvalue weighted by Gasteiger charge is 2.50. The first-order valence-electron chi connectivity index (χ1n) is 5.84. The highest BCUT2D eigenvalue weighted by Crippen LogP contribution is 2.43. The summed E-state index contributed by atoms with van der Waals surface area (Å²) in [6.07, 6.45) is 2.56. The Morgan fingerprint density at radius 3 is 2.88 bits per heavy atom. The normalized spacial score (nSPS) is 22.8. The van der Waals surface area contributed by atoms with Crippen molar-refractivity contribution in [2.45, 2.75) is 18.4 Å². The number of nitrogens with zero attached hydrogens (tertiary/aromatic N) is 6. The van der Waals surface area contributed by atoms with Gasteiger partial charge in [-0.25, -0.2) is 0 Å². The average Bonchev–Trinajstić information content (AvgIpc) is 3.03. The van der Waals surface area contributed by atoms with E-state index in [0.29, 0.717) is 5.65 Å². The van der Waals surface area contributed by atoms with Crippen LogP contribution < -0.4 is 10.6 Å². The molecule has 4 rings (SSSR count). The van der Waals surface area contributed by atoms with E-state index in [0.717, 1.165) is 24.8 Å². The minimum absolute atomic E-state index is 0.0112. The molecule has 0 amide bonds. The molecule has 1 saturated heterocycles. The molecule has 0 unspecified atom stereocenters. The molecule has 2 aliphatic rings. The quantitative estimate of drug-likeness (QED) is 0.746. The predicted molar refractivity (Wildman–Crippen MR) is 60.4 cm³/mol. The highest BCUT2D eigenvalue weighted by molar-refractivity contribution is 5.48. The molecule has 2 aromatic heterocycles. The van der Waals surface area contributed by atoms with Crippen LogP contribution in [0, 0.1) is 5.92 Å². The first-order valence-corrected chi connectivity index (χ1v) is 5.84. The lowest BCUT2D eigenvalue weighted by Crippen LogP contribution is -2.69. The SMILES string of the molecule is NC1(C2CC2)CN(c2ccc3nnnn3n2)C1. The maximum Gasteiger partial charge on any atom is 0.200 e. The summed E-state index contributed by atoms with van der Waals surface area (Å²) in [5, 5.41) is 15.5. The van der Waals surface area contributed by atoms with Gasteiger partial charge in [0.25, 0.3) is 0 Å². The van der Waals surface area contributed by atoms with Crippen LogP contribution in [0.25, 0.3) is 5.65 Å². The van der Waals surface area contributed by atoms with Crippen LogP contribution >= 0.6 is 0 Å². The number of tetrazole rings is 1. The Morgan fingerprint density at radius 2 is 2.12 bits per heavy atom. The molecule has 1 saturated carbocycles. The third kappa shape index (κ3) is 1.32. The second-order valence-corrected chi connectivity index (χ2v) is 5.08. The molecule has 2 aromatic rings. The Balaban J connectivity index is 1.59. The first kappa shape index (κ1) is 9.29. The van der Waals surface area contributed by atoms with Crippen molar-refractivity contribution in [3.63, 3.8) is 0 Å². The Morgan fingerprint density at radius 1 is 1.29 bits per heavy atom. The summed E-state index contributed by atoms with van der Waals surface area (Å²) in [5.41, 5.74) is 6.99. The van der Waals surface area contributed by atoms with Crippen LogP contribution in [0.5, 0.6) is 0 Å². The second kappa shape index (κ2) is 2.92. The Labute approximate surface area is 97.6 Å². The third-order valence-electron chi connectivity index (χ3n) is 3.74. The fourth-order valence-corrected chi connectivity index (χ4v) is 2.55. The molecule has 0 aromatic carbocycles. The lowest BCUT2D eigenvalue weighted by molar-refractivity contribution is 0.288. The van der Waals surface area contributed by atoms with Crippen molar-refractivity contribution in [3.05, 3.63) is 12.1 Å². The van der Waals surface area contributed by atoms with Crippen molar-refractivity contribution in [3.8, 4) is 0 Å². The van der Waals surface area contributed by atoms with Gasteiger partial charge in [-0.3, -0.25) is 0 Å². The number of rotatable bonds is 2. The van der Waals surface area contributed by atoms with Crippen molar-refractivity contribution in [1.82, 2.24) is 25.3 Å². The number of aromatic nitrogens is 5. The predicted octanol–water partition coefficient (Wildman–Crippen LogP) is -0.553. The molecule has 7 nitrogen and oxygen atoms in total. The van der Waals surface area contributed by atoms with E-state index >= 15 is 0 Å². The summed E-state index contributed by atoms with van der Waals surface area (Å²) in [7, 11) is 0. The average molecular weight is 231 g/mol. The lowest BCUT2D eigenvalue weighted by atomic mass is 9.86. The number of hydrogen-bond donors (Lipinski definition) is 1. The molecule has 88 valence electrons. The number of fused-ring (bicyclic) bond motifs is 1. The number of hydrogen-bond acceptors (Lipinski definition) is 6. The van der Waals surface area contributed by atoms with Crippen molar-refractivity contribution in [2.75, 3.05) is 18.0 Å². The maximum absolute atomic E-state index is 6.31. The zero-order chi connectivity index (χ0) is 11.5. The van der Waals surface area contributed by atoms with E-state index in [1.807, 2.05) is 12.1 Å². The largest absolute Gasteiger partial charge is 0.351 e. The van der Waals surface area contributed by atoms with Crippen LogP contribution in [0.2, 0.25) is 0 Å². The van der Waals surface area contributed by atoms with E-state index in [2.05, 4.69) is 25.5 Å². The zero-order valence-electron chi connectivity index (χ0n) is 9.32. The Kier molecular flexibility index (Phi) is 1.60. The fourth-order valence-electron chi connectivity index (χ4n) is 2.55. The fraction of sp³-hybridized carbons (Fsp3) is 0.600. The number of anilines is 1. The van der Waals surface area contributed by atoms with Crippen LogP contribution in [0.15, 0.2) is 12.1 Å².